The van der Waals surface area contributed by atoms with E-state index < -0.39 is 6.03 Å². The molecule has 0 spiro atoms. The van der Waals surface area contributed by atoms with Gasteiger partial charge in [-0.2, -0.15) is 0 Å². The molecule has 0 atom stereocenters. The Morgan fingerprint density at radius 2 is 1.90 bits per heavy atom. The maximum atomic E-state index is 12.1. The smallest absolute Gasteiger partial charge is 0.325 e. The molecular weight excluding hydrogens is 435 g/mol. The number of hydrogen-bond donors (Lipinski definition) is 2. The van der Waals surface area contributed by atoms with E-state index in [4.69, 9.17) is 32.7 Å². The number of nitrogens with zero attached hydrogens (tertiary/aromatic N) is 2. The molecule has 7 nitrogen and oxygen atoms in total. The number of carbonyl (C=O) groups is 1. The Hall–Kier alpha value is -2.55. The molecule has 2 N–H and O–H groups in total. The van der Waals surface area contributed by atoms with Crippen LogP contribution in [0.3, 0.4) is 0 Å². The maximum Gasteiger partial charge on any atom is 0.325 e. The minimum Gasteiger partial charge on any atom is -0.497 e. The van der Waals surface area contributed by atoms with Gasteiger partial charge in [0.05, 0.1) is 18.7 Å². The second kappa shape index (κ2) is 10.3. The lowest BCUT2D eigenvalue weighted by molar-refractivity contribution is 0.262. The van der Waals surface area contributed by atoms with Gasteiger partial charge in [0.25, 0.3) is 0 Å². The zero-order chi connectivity index (χ0) is 20.6. The van der Waals surface area contributed by atoms with E-state index in [-0.39, 0.29) is 0 Å². The van der Waals surface area contributed by atoms with Gasteiger partial charge in [0.2, 0.25) is 5.13 Å². The third kappa shape index (κ3) is 6.49. The minimum atomic E-state index is -0.390. The second-order valence-corrected chi connectivity index (χ2v) is 7.74. The van der Waals surface area contributed by atoms with Crippen LogP contribution in [0.25, 0.3) is 0 Å². The number of hydrogen-bond acceptors (Lipinski definition) is 6. The number of amides is 2. The molecule has 1 heterocycles. The van der Waals surface area contributed by atoms with Crippen LogP contribution in [0.5, 0.6) is 11.5 Å². The van der Waals surface area contributed by atoms with Crippen LogP contribution >= 0.6 is 34.5 Å². The zero-order valence-corrected chi connectivity index (χ0v) is 17.8. The van der Waals surface area contributed by atoms with Gasteiger partial charge in [0.1, 0.15) is 16.5 Å². The normalized spacial score (nSPS) is 10.4. The molecule has 2 amide bonds. The summed E-state index contributed by atoms with van der Waals surface area (Å²) in [5.41, 5.74) is 0.644. The quantitative estimate of drug-likeness (QED) is 0.440. The summed E-state index contributed by atoms with van der Waals surface area (Å²) in [5, 5.41) is 15.7. The summed E-state index contributed by atoms with van der Waals surface area (Å²) >= 11 is 13.2. The van der Waals surface area contributed by atoms with Crippen molar-refractivity contribution in [2.24, 2.45) is 0 Å². The highest BCUT2D eigenvalue weighted by Crippen LogP contribution is 2.27. The Bertz CT molecular complexity index is 966. The topological polar surface area (TPSA) is 85.4 Å². The average Bonchev–Trinajstić information content (AvgIpc) is 3.14. The molecule has 10 heteroatoms. The molecular formula is C19H18Cl2N4O3S. The van der Waals surface area contributed by atoms with Crippen molar-refractivity contribution in [1.29, 1.82) is 0 Å². The van der Waals surface area contributed by atoms with Crippen molar-refractivity contribution in [2.75, 3.05) is 24.4 Å². The number of ether oxygens (including phenoxy) is 2. The molecule has 0 bridgehead atoms. The first-order valence-electron chi connectivity index (χ1n) is 8.66. The number of carbonyl (C=O) groups excluding carboxylic acids is 1. The highest BCUT2D eigenvalue weighted by atomic mass is 35.5. The number of nitrogens with one attached hydrogen (secondary N) is 2. The highest BCUT2D eigenvalue weighted by molar-refractivity contribution is 7.15. The molecule has 3 rings (SSSR count). The lowest BCUT2D eigenvalue weighted by Crippen LogP contribution is -2.19. The SMILES string of the molecule is COc1ccc(NC(=O)Nc2nnc(CCCOc3ccc(Cl)cc3Cl)s2)cc1. The average molecular weight is 453 g/mol. The minimum absolute atomic E-state index is 0.390. The predicted molar refractivity (Wildman–Crippen MR) is 116 cm³/mol. The van der Waals surface area contributed by atoms with Crippen LogP contribution < -0.4 is 20.1 Å². The molecule has 0 saturated carbocycles. The third-order valence-corrected chi connectivity index (χ3v) is 5.15. The largest absolute Gasteiger partial charge is 0.497 e. The number of methoxy groups -OCH3 is 1. The van der Waals surface area contributed by atoms with Crippen molar-refractivity contribution in [2.45, 2.75) is 12.8 Å². The molecule has 29 heavy (non-hydrogen) atoms. The van der Waals surface area contributed by atoms with E-state index in [9.17, 15) is 4.79 Å². The Morgan fingerprint density at radius 3 is 2.62 bits per heavy atom. The summed E-state index contributed by atoms with van der Waals surface area (Å²) in [7, 11) is 1.58. The fourth-order valence-corrected chi connectivity index (χ4v) is 3.58. The van der Waals surface area contributed by atoms with Crippen LogP contribution in [0.15, 0.2) is 42.5 Å². The Balaban J connectivity index is 1.42. The second-order valence-electron chi connectivity index (χ2n) is 5.84. The van der Waals surface area contributed by atoms with E-state index in [0.717, 1.165) is 11.4 Å². The molecule has 0 radical (unpaired) electrons. The van der Waals surface area contributed by atoms with Crippen LogP contribution in [-0.4, -0.2) is 29.9 Å². The summed E-state index contributed by atoms with van der Waals surface area (Å²) in [6.45, 7) is 0.474. The van der Waals surface area contributed by atoms with Crippen molar-refractivity contribution in [3.63, 3.8) is 0 Å². The molecule has 0 unspecified atom stereocenters. The highest BCUT2D eigenvalue weighted by Gasteiger charge is 2.09. The van der Waals surface area contributed by atoms with Gasteiger partial charge < -0.3 is 14.8 Å². The zero-order valence-electron chi connectivity index (χ0n) is 15.4. The first-order valence-corrected chi connectivity index (χ1v) is 10.2. The van der Waals surface area contributed by atoms with Gasteiger partial charge >= 0.3 is 6.03 Å². The van der Waals surface area contributed by atoms with Crippen molar-refractivity contribution in [1.82, 2.24) is 10.2 Å². The number of halogens is 2. The van der Waals surface area contributed by atoms with Gasteiger partial charge in [-0.3, -0.25) is 5.32 Å². The standard InChI is InChI=1S/C19H18Cl2N4O3S/c1-27-14-7-5-13(6-8-14)22-18(26)23-19-25-24-17(29-19)3-2-10-28-16-9-4-12(20)11-15(16)21/h4-9,11H,2-3,10H2,1H3,(H2,22,23,25,26). The predicted octanol–water partition coefficient (Wildman–Crippen LogP) is 5.51. The Kier molecular flexibility index (Phi) is 7.51. The summed E-state index contributed by atoms with van der Waals surface area (Å²) in [5.74, 6) is 1.30. The van der Waals surface area contributed by atoms with E-state index in [0.29, 0.717) is 45.4 Å². The molecule has 0 saturated heterocycles. The van der Waals surface area contributed by atoms with E-state index >= 15 is 0 Å². The molecule has 1 aromatic heterocycles. The summed E-state index contributed by atoms with van der Waals surface area (Å²) < 4.78 is 10.7. The fraction of sp³-hybridized carbons (Fsp3) is 0.211. The first kappa shape index (κ1) is 21.2. The summed E-state index contributed by atoms with van der Waals surface area (Å²) in [6, 6.07) is 11.7. The molecule has 0 aliphatic rings. The Labute approximate surface area is 182 Å². The number of rotatable bonds is 8. The van der Waals surface area contributed by atoms with Crippen molar-refractivity contribution in [3.8, 4) is 11.5 Å². The third-order valence-electron chi connectivity index (χ3n) is 3.72. The van der Waals surface area contributed by atoms with Crippen LogP contribution in [0, 0.1) is 0 Å². The molecule has 0 aliphatic carbocycles. The lowest BCUT2D eigenvalue weighted by Gasteiger charge is -2.07. The summed E-state index contributed by atoms with van der Waals surface area (Å²) in [4.78, 5) is 12.1. The number of urea groups is 1. The van der Waals surface area contributed by atoms with Gasteiger partial charge in [-0.15, -0.1) is 10.2 Å². The molecule has 0 fully saturated rings. The fourth-order valence-electron chi connectivity index (χ4n) is 2.34. The van der Waals surface area contributed by atoms with E-state index in [1.165, 1.54) is 11.3 Å². The first-order chi connectivity index (χ1) is 14.0. The van der Waals surface area contributed by atoms with Gasteiger partial charge in [0, 0.05) is 17.1 Å². The van der Waals surface area contributed by atoms with E-state index in [1.54, 1.807) is 49.6 Å². The van der Waals surface area contributed by atoms with Gasteiger partial charge in [-0.05, 0) is 48.9 Å². The van der Waals surface area contributed by atoms with Crippen molar-refractivity contribution in [3.05, 3.63) is 57.5 Å². The van der Waals surface area contributed by atoms with Gasteiger partial charge in [0.15, 0.2) is 0 Å². The molecule has 0 aliphatic heterocycles. The monoisotopic (exact) mass is 452 g/mol. The molecule has 2 aromatic carbocycles. The number of benzene rings is 2. The summed E-state index contributed by atoms with van der Waals surface area (Å²) in [6.07, 6.45) is 1.40. The van der Waals surface area contributed by atoms with Crippen molar-refractivity contribution >= 4 is 51.4 Å². The molecule has 152 valence electrons. The molecule has 3 aromatic rings. The van der Waals surface area contributed by atoms with Gasteiger partial charge in [-0.25, -0.2) is 4.79 Å². The maximum absolute atomic E-state index is 12.1. The van der Waals surface area contributed by atoms with Crippen LogP contribution in [0.1, 0.15) is 11.4 Å². The van der Waals surface area contributed by atoms with Gasteiger partial charge in [-0.1, -0.05) is 34.5 Å². The number of aryl methyl sites for hydroxylation is 1. The Morgan fingerprint density at radius 1 is 1.10 bits per heavy atom. The van der Waals surface area contributed by atoms with E-state index in [2.05, 4.69) is 20.8 Å². The lowest BCUT2D eigenvalue weighted by atomic mass is 10.3. The number of aromatic nitrogens is 2. The van der Waals surface area contributed by atoms with E-state index in [1.807, 2.05) is 0 Å². The van der Waals surface area contributed by atoms with Crippen LogP contribution in [-0.2, 0) is 6.42 Å². The van der Waals surface area contributed by atoms with Crippen LogP contribution in [0.2, 0.25) is 10.0 Å². The number of anilines is 2. The van der Waals surface area contributed by atoms with Crippen molar-refractivity contribution < 1.29 is 14.3 Å². The van der Waals surface area contributed by atoms with Crippen LogP contribution in [0.4, 0.5) is 15.6 Å².